The predicted octanol–water partition coefficient (Wildman–Crippen LogP) is 2.43. The predicted molar refractivity (Wildman–Crippen MR) is 101 cm³/mol. The number of rotatable bonds is 6. The number of amides is 1. The number of para-hydroxylation sites is 1. The molecule has 3 rings (SSSR count). The minimum atomic E-state index is -4.05. The van der Waals surface area contributed by atoms with Gasteiger partial charge in [-0.1, -0.05) is 18.2 Å². The third-order valence-electron chi connectivity index (χ3n) is 3.47. The van der Waals surface area contributed by atoms with Crippen molar-refractivity contribution in [2.24, 2.45) is 5.14 Å². The third-order valence-corrected chi connectivity index (χ3v) is 5.13. The molecule has 0 saturated carbocycles. The fourth-order valence-electron chi connectivity index (χ4n) is 2.26. The number of ether oxygens (including phenoxy) is 1. The number of hydrogen-bond acceptors (Lipinski definition) is 8. The lowest BCUT2D eigenvalue weighted by Crippen LogP contribution is -2.22. The van der Waals surface area contributed by atoms with Gasteiger partial charge in [0.25, 0.3) is 10.0 Å². The molecule has 2 N–H and O–H groups in total. The van der Waals surface area contributed by atoms with Gasteiger partial charge in [0, 0.05) is 12.3 Å². The maximum atomic E-state index is 12.0. The number of nitrogens with zero attached hydrogens (tertiary/aromatic N) is 2. The Bertz CT molecular complexity index is 1100. The molecule has 1 amide bonds. The van der Waals surface area contributed by atoms with Crippen molar-refractivity contribution in [3.8, 4) is 0 Å². The largest absolute Gasteiger partial charge is 0.453 e. The van der Waals surface area contributed by atoms with Crippen LogP contribution in [-0.2, 0) is 26.2 Å². The van der Waals surface area contributed by atoms with Crippen molar-refractivity contribution < 1.29 is 27.2 Å². The van der Waals surface area contributed by atoms with Gasteiger partial charge in [0.05, 0.1) is 11.4 Å². The molecule has 0 saturated heterocycles. The normalized spacial score (nSPS) is 11.2. The summed E-state index contributed by atoms with van der Waals surface area (Å²) < 4.78 is 32.3. The van der Waals surface area contributed by atoms with Gasteiger partial charge in [0.15, 0.2) is 5.13 Å². The number of nitrogens with two attached hydrogens (primary N) is 1. The van der Waals surface area contributed by atoms with Crippen LogP contribution >= 0.6 is 11.3 Å². The summed E-state index contributed by atoms with van der Waals surface area (Å²) in [6.07, 6.45) is 0. The number of thiazole rings is 1. The molecule has 0 spiro atoms. The maximum absolute atomic E-state index is 12.0. The number of primary sulfonamides is 1. The zero-order valence-corrected chi connectivity index (χ0v) is 16.2. The van der Waals surface area contributed by atoms with Crippen LogP contribution in [0.1, 0.15) is 23.2 Å². The Labute approximate surface area is 164 Å². The Morgan fingerprint density at radius 3 is 2.54 bits per heavy atom. The van der Waals surface area contributed by atoms with E-state index in [-0.39, 0.29) is 18.3 Å². The molecule has 0 unspecified atom stereocenters. The van der Waals surface area contributed by atoms with Crippen molar-refractivity contribution in [3.05, 3.63) is 59.3 Å². The highest BCUT2D eigenvalue weighted by atomic mass is 32.2. The van der Waals surface area contributed by atoms with Crippen LogP contribution in [0.3, 0.4) is 0 Å². The average Bonchev–Trinajstić information content (AvgIpc) is 3.30. The highest BCUT2D eigenvalue weighted by Gasteiger charge is 2.20. The Kier molecular flexibility index (Phi) is 5.58. The molecule has 11 heteroatoms. The second-order valence-corrected chi connectivity index (χ2v) is 7.88. The monoisotopic (exact) mass is 421 g/mol. The SMILES string of the molecule is CC(=O)N(c1ccccc1)c1nc(COC(=O)c2ccc(S(N)(=O)=O)o2)cs1. The summed E-state index contributed by atoms with van der Waals surface area (Å²) in [6, 6.07) is 11.2. The molecule has 3 aromatic rings. The molecule has 2 heterocycles. The molecule has 0 atom stereocenters. The van der Waals surface area contributed by atoms with E-state index in [1.807, 2.05) is 6.07 Å². The van der Waals surface area contributed by atoms with Crippen LogP contribution in [0.15, 0.2) is 57.4 Å². The minimum absolute atomic E-state index is 0.179. The molecule has 28 heavy (non-hydrogen) atoms. The second-order valence-electron chi connectivity index (χ2n) is 5.55. The van der Waals surface area contributed by atoms with Gasteiger partial charge in [-0.15, -0.1) is 11.3 Å². The smallest absolute Gasteiger partial charge is 0.374 e. The number of sulfonamides is 1. The summed E-state index contributed by atoms with van der Waals surface area (Å²) in [5.74, 6) is -1.37. The molecule has 0 bridgehead atoms. The number of esters is 1. The fourth-order valence-corrected chi connectivity index (χ4v) is 3.60. The molecular weight excluding hydrogens is 406 g/mol. The first-order valence-corrected chi connectivity index (χ1v) is 10.3. The van der Waals surface area contributed by atoms with Gasteiger partial charge < -0.3 is 9.15 Å². The topological polar surface area (TPSA) is 133 Å². The summed E-state index contributed by atoms with van der Waals surface area (Å²) >= 11 is 1.22. The number of furan rings is 1. The first kappa shape index (κ1) is 19.7. The second kappa shape index (κ2) is 7.92. The van der Waals surface area contributed by atoms with Gasteiger partial charge in [-0.3, -0.25) is 9.69 Å². The van der Waals surface area contributed by atoms with Gasteiger partial charge >= 0.3 is 5.97 Å². The highest BCUT2D eigenvalue weighted by molar-refractivity contribution is 7.89. The van der Waals surface area contributed by atoms with Crippen molar-refractivity contribution >= 4 is 44.1 Å². The van der Waals surface area contributed by atoms with E-state index in [4.69, 9.17) is 14.3 Å². The van der Waals surface area contributed by atoms with Crippen molar-refractivity contribution in [2.45, 2.75) is 18.6 Å². The van der Waals surface area contributed by atoms with E-state index in [1.54, 1.807) is 29.6 Å². The number of anilines is 2. The van der Waals surface area contributed by atoms with Crippen molar-refractivity contribution in [3.63, 3.8) is 0 Å². The quantitative estimate of drug-likeness (QED) is 0.604. The maximum Gasteiger partial charge on any atom is 0.374 e. The molecule has 2 aromatic heterocycles. The first-order chi connectivity index (χ1) is 13.3. The number of aromatic nitrogens is 1. The van der Waals surface area contributed by atoms with Crippen molar-refractivity contribution in [1.82, 2.24) is 4.98 Å². The van der Waals surface area contributed by atoms with Crippen LogP contribution in [0.2, 0.25) is 0 Å². The Hall–Kier alpha value is -3.02. The molecule has 0 aliphatic heterocycles. The summed E-state index contributed by atoms with van der Waals surface area (Å²) in [6.45, 7) is 1.25. The summed E-state index contributed by atoms with van der Waals surface area (Å²) in [7, 11) is -4.05. The average molecular weight is 421 g/mol. The lowest BCUT2D eigenvalue weighted by molar-refractivity contribution is -0.115. The molecule has 0 aliphatic rings. The van der Waals surface area contributed by atoms with Crippen LogP contribution in [0.5, 0.6) is 0 Å². The van der Waals surface area contributed by atoms with Crippen LogP contribution in [0, 0.1) is 0 Å². The molecule has 0 radical (unpaired) electrons. The van der Waals surface area contributed by atoms with E-state index in [0.717, 1.165) is 12.1 Å². The van der Waals surface area contributed by atoms with Crippen LogP contribution in [0.4, 0.5) is 10.8 Å². The highest BCUT2D eigenvalue weighted by Crippen LogP contribution is 2.29. The number of hydrogen-bond donors (Lipinski definition) is 1. The van der Waals surface area contributed by atoms with Gasteiger partial charge in [-0.2, -0.15) is 0 Å². The van der Waals surface area contributed by atoms with Crippen molar-refractivity contribution in [1.29, 1.82) is 0 Å². The third kappa shape index (κ3) is 4.44. The Balaban J connectivity index is 1.70. The summed E-state index contributed by atoms with van der Waals surface area (Å²) in [5, 5.41) is 6.47. The first-order valence-electron chi connectivity index (χ1n) is 7.85. The number of benzene rings is 1. The molecular formula is C17H15N3O6S2. The van der Waals surface area contributed by atoms with E-state index in [2.05, 4.69) is 4.98 Å². The van der Waals surface area contributed by atoms with E-state index in [1.165, 1.54) is 23.2 Å². The van der Waals surface area contributed by atoms with E-state index < -0.39 is 21.1 Å². The number of carbonyl (C=O) groups excluding carboxylic acids is 2. The zero-order valence-electron chi connectivity index (χ0n) is 14.6. The minimum Gasteiger partial charge on any atom is -0.453 e. The standard InChI is InChI=1S/C17H15N3O6S2/c1-11(21)20(13-5-3-2-4-6-13)17-19-12(10-27-17)9-25-16(22)14-7-8-15(26-14)28(18,23)24/h2-8,10H,9H2,1H3,(H2,18,23,24). The summed E-state index contributed by atoms with van der Waals surface area (Å²) in [4.78, 5) is 29.8. The molecule has 1 aromatic carbocycles. The summed E-state index contributed by atoms with van der Waals surface area (Å²) in [5.41, 5.74) is 1.09. The lowest BCUT2D eigenvalue weighted by atomic mass is 10.3. The zero-order chi connectivity index (χ0) is 20.3. The van der Waals surface area contributed by atoms with Crippen molar-refractivity contribution in [2.75, 3.05) is 4.90 Å². The van der Waals surface area contributed by atoms with Crippen LogP contribution < -0.4 is 10.0 Å². The van der Waals surface area contributed by atoms with E-state index in [9.17, 15) is 18.0 Å². The Morgan fingerprint density at radius 2 is 1.93 bits per heavy atom. The number of carbonyl (C=O) groups is 2. The van der Waals surface area contributed by atoms with Crippen LogP contribution in [0.25, 0.3) is 0 Å². The van der Waals surface area contributed by atoms with Gasteiger partial charge in [-0.25, -0.2) is 23.3 Å². The lowest BCUT2D eigenvalue weighted by Gasteiger charge is -2.17. The van der Waals surface area contributed by atoms with E-state index in [0.29, 0.717) is 16.5 Å². The van der Waals surface area contributed by atoms with Gasteiger partial charge in [-0.05, 0) is 24.3 Å². The van der Waals surface area contributed by atoms with Crippen LogP contribution in [-0.4, -0.2) is 25.3 Å². The molecule has 0 aliphatic carbocycles. The van der Waals surface area contributed by atoms with Gasteiger partial charge in [0.1, 0.15) is 6.61 Å². The fraction of sp³-hybridized carbons (Fsp3) is 0.118. The Morgan fingerprint density at radius 1 is 1.21 bits per heavy atom. The van der Waals surface area contributed by atoms with Gasteiger partial charge in [0.2, 0.25) is 16.8 Å². The molecule has 9 nitrogen and oxygen atoms in total. The molecule has 0 fully saturated rings. The molecule has 146 valence electrons. The van der Waals surface area contributed by atoms with E-state index >= 15 is 0 Å².